The van der Waals surface area contributed by atoms with Gasteiger partial charge in [0.2, 0.25) is 0 Å². The van der Waals surface area contributed by atoms with Crippen molar-refractivity contribution in [2.45, 2.75) is 39.3 Å². The molecule has 0 saturated carbocycles. The molecular weight excluding hydrogens is 300 g/mol. The van der Waals surface area contributed by atoms with Crippen molar-refractivity contribution in [1.29, 1.82) is 0 Å². The summed E-state index contributed by atoms with van der Waals surface area (Å²) in [5.74, 6) is 0.788. The van der Waals surface area contributed by atoms with Crippen molar-refractivity contribution in [3.05, 3.63) is 54.1 Å². The van der Waals surface area contributed by atoms with E-state index >= 15 is 0 Å². The number of nitrogens with one attached hydrogen (secondary N) is 1. The molecule has 1 aliphatic heterocycles. The number of rotatable bonds is 3. The lowest BCUT2D eigenvalue weighted by Gasteiger charge is -2.40. The second kappa shape index (κ2) is 6.19. The van der Waals surface area contributed by atoms with Gasteiger partial charge in [0.15, 0.2) is 0 Å². The maximum Gasteiger partial charge on any atom is 0.258 e. The molecule has 126 valence electrons. The first-order valence-corrected chi connectivity index (χ1v) is 8.31. The molecule has 0 saturated heterocycles. The van der Waals surface area contributed by atoms with Crippen LogP contribution < -0.4 is 15.0 Å². The van der Waals surface area contributed by atoms with Crippen LogP contribution in [-0.4, -0.2) is 24.1 Å². The van der Waals surface area contributed by atoms with E-state index in [1.165, 1.54) is 0 Å². The molecule has 1 amide bonds. The first-order valence-electron chi connectivity index (χ1n) is 8.31. The van der Waals surface area contributed by atoms with Crippen LogP contribution >= 0.6 is 0 Å². The summed E-state index contributed by atoms with van der Waals surface area (Å²) < 4.78 is 5.65. The van der Waals surface area contributed by atoms with Gasteiger partial charge in [-0.2, -0.15) is 0 Å². The summed E-state index contributed by atoms with van der Waals surface area (Å²) in [6, 6.07) is 15.3. The Morgan fingerprint density at radius 2 is 1.79 bits per heavy atom. The molecule has 0 fully saturated rings. The van der Waals surface area contributed by atoms with Crippen LogP contribution in [0.5, 0.6) is 5.75 Å². The highest BCUT2D eigenvalue weighted by Crippen LogP contribution is 2.35. The van der Waals surface area contributed by atoms with Crippen molar-refractivity contribution in [1.82, 2.24) is 0 Å². The SMILES string of the molecule is CC(C)Oc1ccc(C(=O)N2CC(C)(C)Nc3ccccc32)cc1. The lowest BCUT2D eigenvalue weighted by Crippen LogP contribution is -2.50. The van der Waals surface area contributed by atoms with Gasteiger partial charge in [-0.15, -0.1) is 0 Å². The Balaban J connectivity index is 1.89. The Hall–Kier alpha value is -2.49. The summed E-state index contributed by atoms with van der Waals surface area (Å²) in [4.78, 5) is 14.9. The second-order valence-electron chi connectivity index (χ2n) is 7.11. The molecule has 4 nitrogen and oxygen atoms in total. The van der Waals surface area contributed by atoms with Gasteiger partial charge < -0.3 is 15.0 Å². The van der Waals surface area contributed by atoms with E-state index in [1.54, 1.807) is 0 Å². The van der Waals surface area contributed by atoms with E-state index in [0.717, 1.165) is 17.1 Å². The van der Waals surface area contributed by atoms with Crippen molar-refractivity contribution >= 4 is 17.3 Å². The van der Waals surface area contributed by atoms with E-state index in [0.29, 0.717) is 12.1 Å². The number of fused-ring (bicyclic) bond motifs is 1. The van der Waals surface area contributed by atoms with E-state index in [-0.39, 0.29) is 17.6 Å². The largest absolute Gasteiger partial charge is 0.491 e. The summed E-state index contributed by atoms with van der Waals surface area (Å²) in [6.45, 7) is 8.79. The number of hydrogen-bond donors (Lipinski definition) is 1. The molecule has 2 aromatic rings. The Morgan fingerprint density at radius 3 is 2.46 bits per heavy atom. The molecule has 0 unspecified atom stereocenters. The van der Waals surface area contributed by atoms with Crippen molar-refractivity contribution in [2.75, 3.05) is 16.8 Å². The van der Waals surface area contributed by atoms with Crippen molar-refractivity contribution in [2.24, 2.45) is 0 Å². The maximum atomic E-state index is 13.0. The van der Waals surface area contributed by atoms with Gasteiger partial charge in [0.1, 0.15) is 5.75 Å². The van der Waals surface area contributed by atoms with E-state index in [4.69, 9.17) is 4.74 Å². The fourth-order valence-corrected chi connectivity index (χ4v) is 2.98. The highest BCUT2D eigenvalue weighted by atomic mass is 16.5. The third kappa shape index (κ3) is 3.37. The first-order chi connectivity index (χ1) is 11.4. The normalized spacial score (nSPS) is 15.6. The maximum absolute atomic E-state index is 13.0. The van der Waals surface area contributed by atoms with Crippen LogP contribution in [0.1, 0.15) is 38.1 Å². The smallest absolute Gasteiger partial charge is 0.258 e. The van der Waals surface area contributed by atoms with Crippen LogP contribution in [0.2, 0.25) is 0 Å². The number of carbonyl (C=O) groups excluding carboxylic acids is 1. The fourth-order valence-electron chi connectivity index (χ4n) is 2.98. The topological polar surface area (TPSA) is 41.6 Å². The minimum absolute atomic E-state index is 0.00752. The van der Waals surface area contributed by atoms with Crippen LogP contribution in [0.25, 0.3) is 0 Å². The number of ether oxygens (including phenoxy) is 1. The van der Waals surface area contributed by atoms with Crippen LogP contribution in [0, 0.1) is 0 Å². The predicted molar refractivity (Wildman–Crippen MR) is 98.0 cm³/mol. The van der Waals surface area contributed by atoms with Gasteiger partial charge in [0.05, 0.1) is 17.5 Å². The van der Waals surface area contributed by atoms with E-state index in [2.05, 4.69) is 19.2 Å². The number of benzene rings is 2. The van der Waals surface area contributed by atoms with Gasteiger partial charge in [0, 0.05) is 17.6 Å². The van der Waals surface area contributed by atoms with Crippen LogP contribution in [-0.2, 0) is 0 Å². The second-order valence-corrected chi connectivity index (χ2v) is 7.11. The number of para-hydroxylation sites is 2. The average molecular weight is 324 g/mol. The quantitative estimate of drug-likeness (QED) is 0.914. The van der Waals surface area contributed by atoms with Gasteiger partial charge in [-0.3, -0.25) is 4.79 Å². The van der Waals surface area contributed by atoms with Gasteiger partial charge in [0.25, 0.3) is 5.91 Å². The Labute approximate surface area is 143 Å². The van der Waals surface area contributed by atoms with E-state index < -0.39 is 0 Å². The molecule has 0 aromatic heterocycles. The van der Waals surface area contributed by atoms with E-state index in [9.17, 15) is 4.79 Å². The van der Waals surface area contributed by atoms with Crippen molar-refractivity contribution in [3.8, 4) is 5.75 Å². The molecule has 0 bridgehead atoms. The lowest BCUT2D eigenvalue weighted by molar-refractivity contribution is 0.0981. The molecule has 3 rings (SSSR count). The third-order valence-corrected chi connectivity index (χ3v) is 3.94. The molecule has 1 aliphatic rings. The van der Waals surface area contributed by atoms with Gasteiger partial charge in [-0.1, -0.05) is 12.1 Å². The average Bonchev–Trinajstić information content (AvgIpc) is 2.52. The van der Waals surface area contributed by atoms with Crippen LogP contribution in [0.4, 0.5) is 11.4 Å². The summed E-state index contributed by atoms with van der Waals surface area (Å²) in [5.41, 5.74) is 2.40. The third-order valence-electron chi connectivity index (χ3n) is 3.94. The summed E-state index contributed by atoms with van der Waals surface area (Å²) in [6.07, 6.45) is 0.118. The first kappa shape index (κ1) is 16.4. The number of carbonyl (C=O) groups is 1. The number of anilines is 2. The van der Waals surface area contributed by atoms with Crippen LogP contribution in [0.3, 0.4) is 0 Å². The monoisotopic (exact) mass is 324 g/mol. The van der Waals surface area contributed by atoms with Gasteiger partial charge in [-0.25, -0.2) is 0 Å². The highest BCUT2D eigenvalue weighted by molar-refractivity contribution is 6.08. The zero-order chi connectivity index (χ0) is 17.3. The summed E-state index contributed by atoms with van der Waals surface area (Å²) in [7, 11) is 0. The van der Waals surface area contributed by atoms with E-state index in [1.807, 2.05) is 67.3 Å². The standard InChI is InChI=1S/C20H24N2O2/c1-14(2)24-16-11-9-15(10-12-16)19(23)22-13-20(3,4)21-17-7-5-6-8-18(17)22/h5-12,14,21H,13H2,1-4H3. The zero-order valence-electron chi connectivity index (χ0n) is 14.7. The Bertz CT molecular complexity index is 736. The molecule has 24 heavy (non-hydrogen) atoms. The molecular formula is C20H24N2O2. The molecule has 0 radical (unpaired) electrons. The van der Waals surface area contributed by atoms with Gasteiger partial charge in [-0.05, 0) is 64.1 Å². The molecule has 1 heterocycles. The lowest BCUT2D eigenvalue weighted by atomic mass is 9.98. The van der Waals surface area contributed by atoms with Crippen molar-refractivity contribution in [3.63, 3.8) is 0 Å². The molecule has 0 spiro atoms. The zero-order valence-corrected chi connectivity index (χ0v) is 14.7. The Morgan fingerprint density at radius 1 is 1.12 bits per heavy atom. The highest BCUT2D eigenvalue weighted by Gasteiger charge is 2.33. The number of nitrogens with zero attached hydrogens (tertiary/aromatic N) is 1. The van der Waals surface area contributed by atoms with Gasteiger partial charge >= 0.3 is 0 Å². The molecule has 2 aromatic carbocycles. The minimum atomic E-state index is -0.176. The molecule has 4 heteroatoms. The Kier molecular flexibility index (Phi) is 4.22. The fraction of sp³-hybridized carbons (Fsp3) is 0.350. The summed E-state index contributed by atoms with van der Waals surface area (Å²) in [5, 5.41) is 3.49. The molecule has 0 aliphatic carbocycles. The predicted octanol–water partition coefficient (Wildman–Crippen LogP) is 4.32. The van der Waals surface area contributed by atoms with Crippen molar-refractivity contribution < 1.29 is 9.53 Å². The number of amides is 1. The molecule has 1 N–H and O–H groups in total. The molecule has 0 atom stereocenters. The summed E-state index contributed by atoms with van der Waals surface area (Å²) >= 11 is 0. The number of hydrogen-bond acceptors (Lipinski definition) is 3. The van der Waals surface area contributed by atoms with Crippen LogP contribution in [0.15, 0.2) is 48.5 Å². The minimum Gasteiger partial charge on any atom is -0.491 e.